The van der Waals surface area contributed by atoms with Crippen LogP contribution in [0.3, 0.4) is 0 Å². The molecule has 0 saturated carbocycles. The molecule has 0 unspecified atom stereocenters. The van der Waals surface area contributed by atoms with Crippen molar-refractivity contribution in [2.75, 3.05) is 19.3 Å². The van der Waals surface area contributed by atoms with Gasteiger partial charge in [0.25, 0.3) is 0 Å². The first-order valence-corrected chi connectivity index (χ1v) is 8.60. The van der Waals surface area contributed by atoms with Gasteiger partial charge >= 0.3 is 0 Å². The van der Waals surface area contributed by atoms with Gasteiger partial charge in [-0.05, 0) is 7.05 Å². The van der Waals surface area contributed by atoms with E-state index in [9.17, 15) is 26.3 Å². The zero-order chi connectivity index (χ0) is 22.5. The normalized spacial score (nSPS) is 10.6. The van der Waals surface area contributed by atoms with Gasteiger partial charge in [0.2, 0.25) is 0 Å². The molecule has 0 atom stereocenters. The Bertz CT molecular complexity index is 1480. The van der Waals surface area contributed by atoms with Crippen LogP contribution in [0.25, 0.3) is 22.1 Å². The number of aliphatic imine (C=N–C) groups is 1. The highest BCUT2D eigenvalue weighted by atomic mass is 14.9. The number of nitrogens with zero attached hydrogens (tertiary/aromatic N) is 10. The molecule has 0 radical (unpaired) electrons. The Labute approximate surface area is 175 Å². The van der Waals surface area contributed by atoms with Crippen molar-refractivity contribution >= 4 is 39.2 Å². The smallest absolute Gasteiger partial charge is 0.177 e. The minimum atomic E-state index is -0.267. The molecule has 3 N–H and O–H groups in total. The van der Waals surface area contributed by atoms with Gasteiger partial charge in [-0.1, -0.05) is 0 Å². The van der Waals surface area contributed by atoms with Crippen LogP contribution < -0.4 is 11.1 Å². The lowest BCUT2D eigenvalue weighted by Gasteiger charge is -2.11. The van der Waals surface area contributed by atoms with E-state index in [-0.39, 0.29) is 68.3 Å². The van der Waals surface area contributed by atoms with Crippen molar-refractivity contribution in [3.8, 4) is 30.3 Å². The minimum absolute atomic E-state index is 0.00606. The Hall–Kier alpha value is -5.22. The van der Waals surface area contributed by atoms with Crippen LogP contribution in [0.15, 0.2) is 4.99 Å². The number of anilines is 1. The highest BCUT2D eigenvalue weighted by molar-refractivity contribution is 6.15. The summed E-state index contributed by atoms with van der Waals surface area (Å²) < 4.78 is 0. The maximum atomic E-state index is 9.44. The number of nitrogen functional groups attached to an aromatic ring is 1. The van der Waals surface area contributed by atoms with E-state index in [1.54, 1.807) is 31.3 Å². The average molecular weight is 406 g/mol. The van der Waals surface area contributed by atoms with Gasteiger partial charge in [-0.25, -0.2) is 24.9 Å². The fraction of sp³-hybridized carbons (Fsp3) is 0.158. The van der Waals surface area contributed by atoms with Gasteiger partial charge in [-0.3, -0.25) is 0 Å². The van der Waals surface area contributed by atoms with Crippen molar-refractivity contribution < 1.29 is 0 Å². The number of nitrogens with one attached hydrogen (secondary N) is 1. The molecule has 0 aliphatic rings. The third-order valence-corrected chi connectivity index (χ3v) is 4.16. The van der Waals surface area contributed by atoms with Crippen LogP contribution in [0.5, 0.6) is 0 Å². The van der Waals surface area contributed by atoms with Crippen LogP contribution in [0.4, 0.5) is 11.4 Å². The lowest BCUT2D eigenvalue weighted by Crippen LogP contribution is -2.12. The van der Waals surface area contributed by atoms with Crippen LogP contribution in [-0.4, -0.2) is 39.2 Å². The number of aromatic nitrogens is 4. The minimum Gasteiger partial charge on any atom is -0.395 e. The first-order chi connectivity index (χ1) is 15.0. The van der Waals surface area contributed by atoms with Gasteiger partial charge in [0.1, 0.15) is 63.8 Å². The van der Waals surface area contributed by atoms with Gasteiger partial charge in [-0.2, -0.15) is 26.3 Å². The molecule has 0 aliphatic heterocycles. The van der Waals surface area contributed by atoms with E-state index in [0.717, 1.165) is 0 Å². The zero-order valence-electron chi connectivity index (χ0n) is 16.0. The van der Waals surface area contributed by atoms with Crippen LogP contribution in [-0.2, 0) is 0 Å². The van der Waals surface area contributed by atoms with Gasteiger partial charge in [0.05, 0.1) is 5.69 Å². The van der Waals surface area contributed by atoms with Crippen molar-refractivity contribution in [3.63, 3.8) is 0 Å². The molecular formula is C19H10N12. The number of nitriles is 5. The second-order valence-corrected chi connectivity index (χ2v) is 5.97. The molecular weight excluding hydrogens is 396 g/mol. The Morgan fingerprint density at radius 2 is 1.26 bits per heavy atom. The topological polar surface area (TPSA) is 221 Å². The van der Waals surface area contributed by atoms with E-state index in [1.165, 1.54) is 0 Å². The lowest BCUT2D eigenvalue weighted by atomic mass is 10.1. The first-order valence-electron chi connectivity index (χ1n) is 8.60. The highest BCUT2D eigenvalue weighted by Gasteiger charge is 2.22. The Morgan fingerprint density at radius 3 is 1.71 bits per heavy atom. The van der Waals surface area contributed by atoms with E-state index in [1.807, 2.05) is 6.07 Å². The SMILES string of the molecule is CNCCC(C#N)=Nc1c(N)c2nc(C#N)c(C#N)nc2c2nc(C#N)c(C#N)nc12. The van der Waals surface area contributed by atoms with Gasteiger partial charge in [-0.15, -0.1) is 0 Å². The molecule has 3 rings (SSSR count). The zero-order valence-corrected chi connectivity index (χ0v) is 16.0. The largest absolute Gasteiger partial charge is 0.395 e. The molecule has 146 valence electrons. The van der Waals surface area contributed by atoms with Crippen molar-refractivity contribution in [3.05, 3.63) is 22.8 Å². The molecule has 0 bridgehead atoms. The second kappa shape index (κ2) is 8.43. The van der Waals surface area contributed by atoms with Crippen molar-refractivity contribution in [2.45, 2.75) is 6.42 Å². The molecule has 1 aromatic carbocycles. The molecule has 0 aliphatic carbocycles. The summed E-state index contributed by atoms with van der Waals surface area (Å²) in [6, 6.07) is 9.09. The number of nitrogens with two attached hydrogens (primary N) is 1. The summed E-state index contributed by atoms with van der Waals surface area (Å²) in [4.78, 5) is 20.9. The fourth-order valence-electron chi connectivity index (χ4n) is 2.73. The number of benzene rings is 1. The standard InChI is InChI=1S/C19H10N12/c1-26-3-2-9(4-20)27-15-14(25)16-18(30-11(6-22)10(5-21)28-16)19-17(15)29-12(7-23)13(8-24)31-19/h26H,2-3,25H2,1H3. The van der Waals surface area contributed by atoms with Crippen molar-refractivity contribution in [1.29, 1.82) is 26.3 Å². The molecule has 0 spiro atoms. The number of hydrogen-bond donors (Lipinski definition) is 2. The number of hydrogen-bond acceptors (Lipinski definition) is 12. The fourth-order valence-corrected chi connectivity index (χ4v) is 2.73. The maximum Gasteiger partial charge on any atom is 0.177 e. The molecule has 2 heterocycles. The summed E-state index contributed by atoms with van der Waals surface area (Å²) in [5.41, 5.74) is 5.32. The van der Waals surface area contributed by atoms with E-state index in [0.29, 0.717) is 6.54 Å². The summed E-state index contributed by atoms with van der Waals surface area (Å²) in [6.07, 6.45) is 0.281. The molecule has 0 saturated heterocycles. The van der Waals surface area contributed by atoms with Gasteiger partial charge in [0, 0.05) is 13.0 Å². The van der Waals surface area contributed by atoms with E-state index < -0.39 is 0 Å². The van der Waals surface area contributed by atoms with Crippen LogP contribution in [0, 0.1) is 56.7 Å². The Morgan fingerprint density at radius 1 is 0.806 bits per heavy atom. The molecule has 3 aromatic rings. The summed E-state index contributed by atoms with van der Waals surface area (Å²) in [7, 11) is 1.72. The van der Waals surface area contributed by atoms with Gasteiger partial charge < -0.3 is 11.1 Å². The van der Waals surface area contributed by atoms with Crippen molar-refractivity contribution in [1.82, 2.24) is 25.3 Å². The maximum absolute atomic E-state index is 9.44. The van der Waals surface area contributed by atoms with E-state index in [4.69, 9.17) is 5.73 Å². The first kappa shape index (κ1) is 20.5. The van der Waals surface area contributed by atoms with E-state index in [2.05, 4.69) is 30.2 Å². The average Bonchev–Trinajstić information content (AvgIpc) is 2.81. The Balaban J connectivity index is 2.57. The summed E-state index contributed by atoms with van der Waals surface area (Å²) in [5, 5.41) is 49.6. The molecule has 0 amide bonds. The van der Waals surface area contributed by atoms with E-state index >= 15 is 0 Å². The molecule has 2 aromatic heterocycles. The molecule has 31 heavy (non-hydrogen) atoms. The summed E-state index contributed by atoms with van der Waals surface area (Å²) >= 11 is 0. The van der Waals surface area contributed by atoms with Crippen molar-refractivity contribution in [2.24, 2.45) is 4.99 Å². The quantitative estimate of drug-likeness (QED) is 0.351. The predicted octanol–water partition coefficient (Wildman–Crippen LogP) is 0.847. The third-order valence-electron chi connectivity index (χ3n) is 4.16. The lowest BCUT2D eigenvalue weighted by molar-refractivity contribution is 0.826. The Kier molecular flexibility index (Phi) is 5.58. The predicted molar refractivity (Wildman–Crippen MR) is 107 cm³/mol. The summed E-state index contributed by atoms with van der Waals surface area (Å²) in [6.45, 7) is 0.468. The highest BCUT2D eigenvalue weighted by Crippen LogP contribution is 2.38. The van der Waals surface area contributed by atoms with Crippen LogP contribution in [0.2, 0.25) is 0 Å². The van der Waals surface area contributed by atoms with Crippen LogP contribution >= 0.6 is 0 Å². The third kappa shape index (κ3) is 3.48. The molecule has 12 nitrogen and oxygen atoms in total. The second-order valence-electron chi connectivity index (χ2n) is 5.97. The number of fused-ring (bicyclic) bond motifs is 3. The van der Waals surface area contributed by atoms with Gasteiger partial charge in [0.15, 0.2) is 22.8 Å². The monoisotopic (exact) mass is 406 g/mol. The molecule has 0 fully saturated rings. The molecule has 12 heteroatoms. The van der Waals surface area contributed by atoms with Crippen LogP contribution in [0.1, 0.15) is 29.2 Å². The number of rotatable bonds is 4. The summed E-state index contributed by atoms with van der Waals surface area (Å²) in [5.74, 6) is 0.